The molecule has 0 aliphatic heterocycles. The number of nitrogens with one attached hydrogen (secondary N) is 1. The minimum absolute atomic E-state index is 0.105. The minimum atomic E-state index is -0.947. The third kappa shape index (κ3) is 5.01. The molecule has 0 radical (unpaired) electrons. The molecule has 0 fully saturated rings. The maximum atomic E-state index is 12.0. The molecule has 2 unspecified atom stereocenters. The van der Waals surface area contributed by atoms with E-state index in [1.807, 2.05) is 44.2 Å². The zero-order chi connectivity index (χ0) is 15.1. The fourth-order valence-corrected chi connectivity index (χ4v) is 1.97. The van der Waals surface area contributed by atoms with Crippen molar-refractivity contribution in [2.24, 2.45) is 11.7 Å². The van der Waals surface area contributed by atoms with Gasteiger partial charge < -0.3 is 16.2 Å². The van der Waals surface area contributed by atoms with Crippen LogP contribution in [0.15, 0.2) is 30.3 Å². The Hall–Kier alpha value is -1.88. The lowest BCUT2D eigenvalue weighted by Gasteiger charge is -2.24. The van der Waals surface area contributed by atoms with Crippen LogP contribution in [0.5, 0.6) is 0 Å². The summed E-state index contributed by atoms with van der Waals surface area (Å²) in [7, 11) is 0. The lowest BCUT2D eigenvalue weighted by molar-refractivity contribution is -0.137. The zero-order valence-corrected chi connectivity index (χ0v) is 11.9. The highest BCUT2D eigenvalue weighted by molar-refractivity contribution is 5.82. The predicted octanol–water partition coefficient (Wildman–Crippen LogP) is 1.69. The van der Waals surface area contributed by atoms with Crippen molar-refractivity contribution in [2.75, 3.05) is 0 Å². The first-order chi connectivity index (χ1) is 9.41. The number of hydrogen-bond donors (Lipinski definition) is 3. The summed E-state index contributed by atoms with van der Waals surface area (Å²) in [5, 5.41) is 11.5. The summed E-state index contributed by atoms with van der Waals surface area (Å²) >= 11 is 0. The summed E-state index contributed by atoms with van der Waals surface area (Å²) in [6.07, 6.45) is 0.0348. The largest absolute Gasteiger partial charge is 0.481 e. The highest BCUT2D eigenvalue weighted by atomic mass is 16.4. The smallest absolute Gasteiger partial charge is 0.303 e. The average Bonchev–Trinajstić information content (AvgIpc) is 2.42. The van der Waals surface area contributed by atoms with Crippen LogP contribution in [-0.4, -0.2) is 23.0 Å². The van der Waals surface area contributed by atoms with E-state index < -0.39 is 12.0 Å². The number of amides is 1. The maximum Gasteiger partial charge on any atom is 0.303 e. The SMILES string of the molecule is CC(C)C(NC(=O)C(N)CCC(=O)O)c1ccccc1. The average molecular weight is 278 g/mol. The highest BCUT2D eigenvalue weighted by Crippen LogP contribution is 2.21. The molecule has 4 N–H and O–H groups in total. The Labute approximate surface area is 119 Å². The summed E-state index contributed by atoms with van der Waals surface area (Å²) in [6, 6.07) is 8.74. The molecule has 1 amide bonds. The molecular weight excluding hydrogens is 256 g/mol. The van der Waals surface area contributed by atoms with Gasteiger partial charge in [0.15, 0.2) is 0 Å². The quantitative estimate of drug-likeness (QED) is 0.707. The molecular formula is C15H22N2O3. The van der Waals surface area contributed by atoms with Gasteiger partial charge in [0.25, 0.3) is 0 Å². The fraction of sp³-hybridized carbons (Fsp3) is 0.467. The van der Waals surface area contributed by atoms with Crippen molar-refractivity contribution in [3.05, 3.63) is 35.9 Å². The highest BCUT2D eigenvalue weighted by Gasteiger charge is 2.22. The number of rotatable bonds is 7. The Balaban J connectivity index is 2.67. The molecule has 0 saturated heterocycles. The van der Waals surface area contributed by atoms with E-state index in [4.69, 9.17) is 10.8 Å². The van der Waals surface area contributed by atoms with Gasteiger partial charge in [-0.1, -0.05) is 44.2 Å². The maximum absolute atomic E-state index is 12.0. The number of carbonyl (C=O) groups excluding carboxylic acids is 1. The molecule has 0 saturated carbocycles. The Morgan fingerprint density at radius 1 is 1.25 bits per heavy atom. The Morgan fingerprint density at radius 3 is 2.35 bits per heavy atom. The van der Waals surface area contributed by atoms with Crippen molar-refractivity contribution in [3.63, 3.8) is 0 Å². The zero-order valence-electron chi connectivity index (χ0n) is 11.9. The number of carbonyl (C=O) groups is 2. The third-order valence-electron chi connectivity index (χ3n) is 3.13. The van der Waals surface area contributed by atoms with Crippen LogP contribution in [0.2, 0.25) is 0 Å². The van der Waals surface area contributed by atoms with Gasteiger partial charge in [-0.2, -0.15) is 0 Å². The Bertz CT molecular complexity index is 446. The number of hydrogen-bond acceptors (Lipinski definition) is 3. The van der Waals surface area contributed by atoms with E-state index in [1.165, 1.54) is 0 Å². The van der Waals surface area contributed by atoms with E-state index in [2.05, 4.69) is 5.32 Å². The second-order valence-electron chi connectivity index (χ2n) is 5.18. The van der Waals surface area contributed by atoms with Crippen molar-refractivity contribution in [1.82, 2.24) is 5.32 Å². The van der Waals surface area contributed by atoms with Crippen LogP contribution in [0.1, 0.15) is 38.3 Å². The van der Waals surface area contributed by atoms with Gasteiger partial charge in [0.2, 0.25) is 5.91 Å². The van der Waals surface area contributed by atoms with Crippen LogP contribution >= 0.6 is 0 Å². The van der Waals surface area contributed by atoms with Gasteiger partial charge in [-0.25, -0.2) is 0 Å². The van der Waals surface area contributed by atoms with Crippen LogP contribution in [0, 0.1) is 5.92 Å². The summed E-state index contributed by atoms with van der Waals surface area (Å²) in [4.78, 5) is 22.5. The molecule has 0 aliphatic rings. The van der Waals surface area contributed by atoms with Crippen LogP contribution in [0.4, 0.5) is 0 Å². The van der Waals surface area contributed by atoms with E-state index in [9.17, 15) is 9.59 Å². The standard InChI is InChI=1S/C15H22N2O3/c1-10(2)14(11-6-4-3-5-7-11)17-15(20)12(16)8-9-13(18)19/h3-7,10,12,14H,8-9,16H2,1-2H3,(H,17,20)(H,18,19). The lowest BCUT2D eigenvalue weighted by Crippen LogP contribution is -2.43. The topological polar surface area (TPSA) is 92.4 Å². The van der Waals surface area contributed by atoms with Crippen LogP contribution in [0.25, 0.3) is 0 Å². The van der Waals surface area contributed by atoms with Crippen LogP contribution in [0.3, 0.4) is 0 Å². The Kier molecular flexibility index (Phi) is 6.18. The molecule has 110 valence electrons. The number of nitrogens with two attached hydrogens (primary N) is 1. The number of aliphatic carboxylic acids is 1. The van der Waals surface area contributed by atoms with Crippen LogP contribution < -0.4 is 11.1 Å². The first-order valence-corrected chi connectivity index (χ1v) is 6.74. The molecule has 1 aromatic carbocycles. The third-order valence-corrected chi connectivity index (χ3v) is 3.13. The van der Waals surface area contributed by atoms with Gasteiger partial charge in [-0.15, -0.1) is 0 Å². The summed E-state index contributed by atoms with van der Waals surface area (Å²) < 4.78 is 0. The summed E-state index contributed by atoms with van der Waals surface area (Å²) in [6.45, 7) is 4.03. The van der Waals surface area contributed by atoms with Gasteiger partial charge in [-0.3, -0.25) is 9.59 Å². The molecule has 0 spiro atoms. The molecule has 20 heavy (non-hydrogen) atoms. The number of benzene rings is 1. The van der Waals surface area contributed by atoms with Gasteiger partial charge in [-0.05, 0) is 17.9 Å². The van der Waals surface area contributed by atoms with Crippen molar-refractivity contribution >= 4 is 11.9 Å². The van der Waals surface area contributed by atoms with Crippen molar-refractivity contribution in [1.29, 1.82) is 0 Å². The molecule has 0 heterocycles. The first-order valence-electron chi connectivity index (χ1n) is 6.74. The van der Waals surface area contributed by atoms with E-state index in [-0.39, 0.29) is 30.7 Å². The molecule has 2 atom stereocenters. The number of carboxylic acids is 1. The Morgan fingerprint density at radius 2 is 1.85 bits per heavy atom. The minimum Gasteiger partial charge on any atom is -0.481 e. The van der Waals surface area contributed by atoms with E-state index in [1.54, 1.807) is 0 Å². The van der Waals surface area contributed by atoms with Gasteiger partial charge >= 0.3 is 5.97 Å². The normalized spacial score (nSPS) is 13.8. The van der Waals surface area contributed by atoms with Crippen LogP contribution in [-0.2, 0) is 9.59 Å². The molecule has 0 bridgehead atoms. The van der Waals surface area contributed by atoms with Gasteiger partial charge in [0.05, 0.1) is 12.1 Å². The second kappa shape index (κ2) is 7.65. The molecule has 0 aliphatic carbocycles. The van der Waals surface area contributed by atoms with Crippen molar-refractivity contribution < 1.29 is 14.7 Å². The van der Waals surface area contributed by atoms with Gasteiger partial charge in [0.1, 0.15) is 0 Å². The fourth-order valence-electron chi connectivity index (χ4n) is 1.97. The molecule has 5 heteroatoms. The molecule has 1 rings (SSSR count). The first kappa shape index (κ1) is 16.2. The number of carboxylic acid groups (broad SMARTS) is 1. The lowest BCUT2D eigenvalue weighted by atomic mass is 9.95. The van der Waals surface area contributed by atoms with E-state index >= 15 is 0 Å². The summed E-state index contributed by atoms with van der Waals surface area (Å²) in [5.41, 5.74) is 6.73. The van der Waals surface area contributed by atoms with Crippen molar-refractivity contribution in [2.45, 2.75) is 38.8 Å². The second-order valence-corrected chi connectivity index (χ2v) is 5.18. The summed E-state index contributed by atoms with van der Waals surface area (Å²) in [5.74, 6) is -1.04. The van der Waals surface area contributed by atoms with E-state index in [0.717, 1.165) is 5.56 Å². The monoisotopic (exact) mass is 278 g/mol. The molecule has 5 nitrogen and oxygen atoms in total. The van der Waals surface area contributed by atoms with E-state index in [0.29, 0.717) is 0 Å². The molecule has 1 aromatic rings. The molecule has 0 aromatic heterocycles. The van der Waals surface area contributed by atoms with Crippen molar-refractivity contribution in [3.8, 4) is 0 Å². The predicted molar refractivity (Wildman–Crippen MR) is 77.0 cm³/mol. The van der Waals surface area contributed by atoms with Gasteiger partial charge in [0, 0.05) is 6.42 Å².